The number of carbonyl (C=O) groups excluding carboxylic acids is 2. The summed E-state index contributed by atoms with van der Waals surface area (Å²) < 4.78 is 1.55. The number of anilines is 1. The molecule has 0 saturated carbocycles. The Morgan fingerprint density at radius 3 is 2.58 bits per heavy atom. The van der Waals surface area contributed by atoms with Gasteiger partial charge in [-0.15, -0.1) is 0 Å². The molecule has 0 spiro atoms. The number of benzene rings is 1. The van der Waals surface area contributed by atoms with Crippen molar-refractivity contribution in [1.29, 1.82) is 0 Å². The molecule has 8 nitrogen and oxygen atoms in total. The minimum Gasteiger partial charge on any atom is -0.369 e. The number of hydrogen-bond acceptors (Lipinski definition) is 4. The standard InChI is InChI=1S/C14H16Cl2N6O2/c1-2-10(7-3-4-8(15)9(16)5-7)22-11(6-19-13(22)17)12(23)20-21-14(18)24/h3-6,10H,2H2,1H3,(H2,17,19)(H,20,23)(H3,18,21,24). The Morgan fingerprint density at radius 2 is 2.00 bits per heavy atom. The molecule has 0 fully saturated rings. The van der Waals surface area contributed by atoms with Crippen LogP contribution in [0.5, 0.6) is 0 Å². The first-order valence-electron chi connectivity index (χ1n) is 6.98. The van der Waals surface area contributed by atoms with E-state index in [2.05, 4.69) is 10.4 Å². The highest BCUT2D eigenvalue weighted by Gasteiger charge is 2.23. The molecule has 0 saturated heterocycles. The van der Waals surface area contributed by atoms with E-state index >= 15 is 0 Å². The monoisotopic (exact) mass is 370 g/mol. The van der Waals surface area contributed by atoms with Gasteiger partial charge in [0, 0.05) is 0 Å². The molecular weight excluding hydrogens is 355 g/mol. The minimum atomic E-state index is -0.890. The average Bonchev–Trinajstić information content (AvgIpc) is 2.91. The number of hydrogen-bond donors (Lipinski definition) is 4. The number of aromatic nitrogens is 2. The van der Waals surface area contributed by atoms with E-state index in [1.165, 1.54) is 6.20 Å². The summed E-state index contributed by atoms with van der Waals surface area (Å²) in [6.45, 7) is 1.93. The van der Waals surface area contributed by atoms with Crippen molar-refractivity contribution in [2.75, 3.05) is 5.73 Å². The Kier molecular flexibility index (Phi) is 5.53. The van der Waals surface area contributed by atoms with Gasteiger partial charge in [-0.2, -0.15) is 0 Å². The molecule has 0 bridgehead atoms. The molecule has 2 aromatic rings. The third-order valence-electron chi connectivity index (χ3n) is 3.38. The first-order chi connectivity index (χ1) is 11.3. The van der Waals surface area contributed by atoms with Crippen LogP contribution in [0.1, 0.15) is 35.4 Å². The van der Waals surface area contributed by atoms with Gasteiger partial charge in [-0.05, 0) is 24.1 Å². The van der Waals surface area contributed by atoms with Crippen LogP contribution in [0, 0.1) is 0 Å². The van der Waals surface area contributed by atoms with Gasteiger partial charge in [-0.1, -0.05) is 36.2 Å². The van der Waals surface area contributed by atoms with Crippen LogP contribution in [0.15, 0.2) is 24.4 Å². The minimum absolute atomic E-state index is 0.150. The number of primary amides is 1. The van der Waals surface area contributed by atoms with Crippen molar-refractivity contribution < 1.29 is 9.59 Å². The number of amides is 3. The fourth-order valence-electron chi connectivity index (χ4n) is 2.34. The lowest BCUT2D eigenvalue weighted by Crippen LogP contribution is -2.45. The number of rotatable bonds is 4. The van der Waals surface area contributed by atoms with Crippen LogP contribution >= 0.6 is 23.2 Å². The highest BCUT2D eigenvalue weighted by molar-refractivity contribution is 6.42. The summed E-state index contributed by atoms with van der Waals surface area (Å²) in [4.78, 5) is 26.9. The Bertz CT molecular complexity index is 777. The van der Waals surface area contributed by atoms with Crippen molar-refractivity contribution >= 4 is 41.1 Å². The first-order valence-corrected chi connectivity index (χ1v) is 7.74. The molecule has 1 heterocycles. The zero-order valence-corrected chi connectivity index (χ0v) is 14.2. The molecule has 1 aromatic carbocycles. The molecule has 3 amide bonds. The normalized spacial score (nSPS) is 11.8. The van der Waals surface area contributed by atoms with Crippen molar-refractivity contribution in [3.8, 4) is 0 Å². The highest BCUT2D eigenvalue weighted by atomic mass is 35.5. The fourth-order valence-corrected chi connectivity index (χ4v) is 2.65. The van der Waals surface area contributed by atoms with E-state index in [9.17, 15) is 9.59 Å². The quantitative estimate of drug-likeness (QED) is 0.614. The smallest absolute Gasteiger partial charge is 0.330 e. The predicted octanol–water partition coefficient (Wildman–Crippen LogP) is 2.08. The number of carbonyl (C=O) groups is 2. The second kappa shape index (κ2) is 7.41. The van der Waals surface area contributed by atoms with Crippen LogP contribution < -0.4 is 22.3 Å². The molecule has 128 valence electrons. The Labute approximate surface area is 148 Å². The number of nitrogens with two attached hydrogens (primary N) is 2. The Hall–Kier alpha value is -2.45. The van der Waals surface area contributed by atoms with E-state index in [0.717, 1.165) is 5.56 Å². The summed E-state index contributed by atoms with van der Waals surface area (Å²) in [7, 11) is 0. The molecule has 24 heavy (non-hydrogen) atoms. The van der Waals surface area contributed by atoms with Gasteiger partial charge in [0.15, 0.2) is 0 Å². The lowest BCUT2D eigenvalue weighted by atomic mass is 10.0. The summed E-state index contributed by atoms with van der Waals surface area (Å²) in [6, 6.07) is 3.99. The van der Waals surface area contributed by atoms with E-state index < -0.39 is 11.9 Å². The van der Waals surface area contributed by atoms with E-state index in [0.29, 0.717) is 16.5 Å². The molecule has 1 aromatic heterocycles. The van der Waals surface area contributed by atoms with Gasteiger partial charge in [0.25, 0.3) is 5.91 Å². The summed E-state index contributed by atoms with van der Waals surface area (Å²) in [5.41, 5.74) is 16.0. The van der Waals surface area contributed by atoms with E-state index in [1.54, 1.807) is 22.8 Å². The molecule has 2 rings (SSSR count). The first kappa shape index (κ1) is 17.9. The van der Waals surface area contributed by atoms with Crippen LogP contribution in [0.4, 0.5) is 10.7 Å². The second-order valence-electron chi connectivity index (χ2n) is 4.91. The number of imidazole rings is 1. The summed E-state index contributed by atoms with van der Waals surface area (Å²) >= 11 is 12.0. The van der Waals surface area contributed by atoms with E-state index in [1.807, 2.05) is 12.3 Å². The lowest BCUT2D eigenvalue weighted by molar-refractivity contribution is 0.0927. The molecular formula is C14H16Cl2N6O2. The topological polar surface area (TPSA) is 128 Å². The van der Waals surface area contributed by atoms with Gasteiger partial charge in [0.1, 0.15) is 5.69 Å². The van der Waals surface area contributed by atoms with Gasteiger partial charge in [-0.25, -0.2) is 15.2 Å². The number of hydrazine groups is 1. The molecule has 0 aliphatic heterocycles. The van der Waals surface area contributed by atoms with Gasteiger partial charge < -0.3 is 11.5 Å². The largest absolute Gasteiger partial charge is 0.369 e. The predicted molar refractivity (Wildman–Crippen MR) is 91.7 cm³/mol. The van der Waals surface area contributed by atoms with Crippen LogP contribution in [0.3, 0.4) is 0 Å². The molecule has 0 radical (unpaired) electrons. The molecule has 1 unspecified atom stereocenters. The van der Waals surface area contributed by atoms with Gasteiger partial charge in [0.2, 0.25) is 5.95 Å². The summed E-state index contributed by atoms with van der Waals surface area (Å²) in [5.74, 6) is -0.450. The maximum atomic E-state index is 12.2. The second-order valence-corrected chi connectivity index (χ2v) is 5.73. The van der Waals surface area contributed by atoms with Crippen molar-refractivity contribution in [1.82, 2.24) is 20.4 Å². The summed E-state index contributed by atoms with van der Waals surface area (Å²) in [6.07, 6.45) is 1.93. The Balaban J connectivity index is 2.41. The molecule has 0 aliphatic carbocycles. The van der Waals surface area contributed by atoms with Crippen LogP contribution in [-0.4, -0.2) is 21.5 Å². The number of nitrogens with zero attached hydrogens (tertiary/aromatic N) is 2. The molecule has 1 atom stereocenters. The zero-order valence-electron chi connectivity index (χ0n) is 12.7. The van der Waals surface area contributed by atoms with Crippen molar-refractivity contribution in [2.24, 2.45) is 5.73 Å². The average molecular weight is 371 g/mol. The van der Waals surface area contributed by atoms with Crippen molar-refractivity contribution in [3.63, 3.8) is 0 Å². The lowest BCUT2D eigenvalue weighted by Gasteiger charge is -2.21. The zero-order chi connectivity index (χ0) is 17.9. The maximum absolute atomic E-state index is 12.2. The Morgan fingerprint density at radius 1 is 1.29 bits per heavy atom. The molecule has 6 N–H and O–H groups in total. The van der Waals surface area contributed by atoms with Crippen LogP contribution in [0.25, 0.3) is 0 Å². The molecule has 10 heteroatoms. The SMILES string of the molecule is CCC(c1ccc(Cl)c(Cl)c1)n1c(C(=O)NNC(N)=O)cnc1N. The van der Waals surface area contributed by atoms with Gasteiger partial charge in [-0.3, -0.25) is 14.8 Å². The van der Waals surface area contributed by atoms with E-state index in [4.69, 9.17) is 34.7 Å². The van der Waals surface area contributed by atoms with E-state index in [-0.39, 0.29) is 17.7 Å². The van der Waals surface area contributed by atoms with Crippen molar-refractivity contribution in [2.45, 2.75) is 19.4 Å². The van der Waals surface area contributed by atoms with Crippen molar-refractivity contribution in [3.05, 3.63) is 45.7 Å². The summed E-state index contributed by atoms with van der Waals surface area (Å²) in [5, 5.41) is 0.824. The number of nitrogens with one attached hydrogen (secondary N) is 2. The third-order valence-corrected chi connectivity index (χ3v) is 4.12. The number of halogens is 2. The molecule has 0 aliphatic rings. The highest BCUT2D eigenvalue weighted by Crippen LogP contribution is 2.31. The van der Waals surface area contributed by atoms with Crippen LogP contribution in [-0.2, 0) is 0 Å². The van der Waals surface area contributed by atoms with Gasteiger partial charge in [0.05, 0.1) is 22.3 Å². The van der Waals surface area contributed by atoms with Crippen LogP contribution in [0.2, 0.25) is 10.0 Å². The number of urea groups is 1. The maximum Gasteiger partial charge on any atom is 0.330 e. The number of nitrogen functional groups attached to an aromatic ring is 1. The fraction of sp³-hybridized carbons (Fsp3) is 0.214. The third kappa shape index (κ3) is 3.72. The van der Waals surface area contributed by atoms with Gasteiger partial charge >= 0.3 is 6.03 Å².